The van der Waals surface area contributed by atoms with Gasteiger partial charge in [-0.25, -0.2) is 5.10 Å². The number of aromatic nitrogens is 3. The van der Waals surface area contributed by atoms with Crippen molar-refractivity contribution in [1.29, 1.82) is 0 Å². The maximum Gasteiger partial charge on any atom is 0.290 e. The van der Waals surface area contributed by atoms with Crippen molar-refractivity contribution >= 4 is 33.5 Å². The fourth-order valence-electron chi connectivity index (χ4n) is 4.32. The quantitative estimate of drug-likeness (QED) is 0.425. The fraction of sp³-hybridized carbons (Fsp3) is 0.208. The molecule has 2 aromatic carbocycles. The predicted molar refractivity (Wildman–Crippen MR) is 120 cm³/mol. The summed E-state index contributed by atoms with van der Waals surface area (Å²) in [6.45, 7) is 1.97. The smallest absolute Gasteiger partial charge is 0.267 e. The average Bonchev–Trinajstić information content (AvgIpc) is 2.81. The topological polar surface area (TPSA) is 117 Å². The molecule has 2 amide bonds. The molecule has 1 aliphatic rings. The van der Waals surface area contributed by atoms with Crippen LogP contribution in [0.1, 0.15) is 50.5 Å². The molecule has 4 aromatic rings. The Morgan fingerprint density at radius 3 is 2.53 bits per heavy atom. The van der Waals surface area contributed by atoms with Gasteiger partial charge in [-0.1, -0.05) is 29.8 Å². The van der Waals surface area contributed by atoms with Crippen molar-refractivity contribution in [2.45, 2.75) is 32.6 Å². The average molecular weight is 427 g/mol. The third kappa shape index (κ3) is 3.39. The number of aromatic amines is 1. The van der Waals surface area contributed by atoms with Crippen LogP contribution in [-0.2, 0) is 12.8 Å². The van der Waals surface area contributed by atoms with Crippen LogP contribution in [0.25, 0.3) is 21.7 Å². The van der Waals surface area contributed by atoms with E-state index in [1.54, 1.807) is 24.3 Å². The monoisotopic (exact) mass is 427 g/mol. The number of carbonyl (C=O) groups excluding carboxylic acids is 2. The normalized spacial score (nSPS) is 13.0. The van der Waals surface area contributed by atoms with E-state index in [-0.39, 0.29) is 11.3 Å². The summed E-state index contributed by atoms with van der Waals surface area (Å²) in [5.74, 6) is -1.02. The second kappa shape index (κ2) is 7.88. The first-order valence-electron chi connectivity index (χ1n) is 10.5. The Hall–Kier alpha value is -4.07. The zero-order valence-electron chi connectivity index (χ0n) is 17.5. The van der Waals surface area contributed by atoms with Gasteiger partial charge in [-0.2, -0.15) is 5.10 Å². The van der Waals surface area contributed by atoms with Gasteiger partial charge in [0.25, 0.3) is 17.4 Å². The molecule has 0 unspecified atom stereocenters. The van der Waals surface area contributed by atoms with E-state index in [2.05, 4.69) is 21.0 Å². The number of hydrogen-bond donors (Lipinski definition) is 3. The molecule has 1 aliphatic carbocycles. The number of carbonyl (C=O) groups is 2. The number of hydrazine groups is 1. The van der Waals surface area contributed by atoms with E-state index in [1.807, 2.05) is 25.1 Å². The molecular weight excluding hydrogens is 406 g/mol. The lowest BCUT2D eigenvalue weighted by Gasteiger charge is -2.20. The summed E-state index contributed by atoms with van der Waals surface area (Å²) >= 11 is 0. The number of aryl methyl sites for hydroxylation is 2. The largest absolute Gasteiger partial charge is 0.290 e. The van der Waals surface area contributed by atoms with Gasteiger partial charge in [-0.15, -0.1) is 0 Å². The van der Waals surface area contributed by atoms with Gasteiger partial charge in [0, 0.05) is 16.5 Å². The fourth-order valence-corrected chi connectivity index (χ4v) is 4.32. The maximum absolute atomic E-state index is 13.3. The molecule has 0 spiro atoms. The Labute approximate surface area is 183 Å². The lowest BCUT2D eigenvalue weighted by atomic mass is 9.89. The SMILES string of the molecule is Cc1ccc2nc3c(c(C(=O)NNC(=O)c4n[nH]c(=O)c5ccccc45)c2c1)CCCC3. The number of fused-ring (bicyclic) bond motifs is 3. The summed E-state index contributed by atoms with van der Waals surface area (Å²) in [4.78, 5) is 42.8. The lowest BCUT2D eigenvalue weighted by molar-refractivity contribution is 0.0844. The summed E-state index contributed by atoms with van der Waals surface area (Å²) in [6, 6.07) is 12.5. The number of amides is 2. The van der Waals surface area contributed by atoms with E-state index in [9.17, 15) is 14.4 Å². The van der Waals surface area contributed by atoms with Crippen molar-refractivity contribution in [2.75, 3.05) is 0 Å². The van der Waals surface area contributed by atoms with Gasteiger partial charge in [0.2, 0.25) is 0 Å². The van der Waals surface area contributed by atoms with E-state index < -0.39 is 11.8 Å². The van der Waals surface area contributed by atoms with Crippen LogP contribution >= 0.6 is 0 Å². The third-order valence-corrected chi connectivity index (χ3v) is 5.85. The first-order chi connectivity index (χ1) is 15.5. The Morgan fingerprint density at radius 1 is 0.938 bits per heavy atom. The first-order valence-corrected chi connectivity index (χ1v) is 10.5. The molecule has 0 fully saturated rings. The van der Waals surface area contributed by atoms with Crippen LogP contribution in [0.3, 0.4) is 0 Å². The minimum Gasteiger partial charge on any atom is -0.267 e. The van der Waals surface area contributed by atoms with Crippen molar-refractivity contribution in [3.05, 3.63) is 80.9 Å². The van der Waals surface area contributed by atoms with Crippen molar-refractivity contribution in [1.82, 2.24) is 26.0 Å². The van der Waals surface area contributed by atoms with Crippen LogP contribution < -0.4 is 16.4 Å². The molecule has 160 valence electrons. The van der Waals surface area contributed by atoms with Crippen LogP contribution in [0, 0.1) is 6.92 Å². The number of nitrogens with zero attached hydrogens (tertiary/aromatic N) is 2. The predicted octanol–water partition coefficient (Wildman–Crippen LogP) is 2.73. The van der Waals surface area contributed by atoms with Crippen LogP contribution in [0.2, 0.25) is 0 Å². The molecule has 0 saturated heterocycles. The number of benzene rings is 2. The zero-order valence-corrected chi connectivity index (χ0v) is 17.5. The summed E-state index contributed by atoms with van der Waals surface area (Å²) in [5, 5.41) is 7.73. The van der Waals surface area contributed by atoms with Crippen LogP contribution in [0.15, 0.2) is 47.3 Å². The molecule has 0 bridgehead atoms. The molecule has 2 aromatic heterocycles. The van der Waals surface area contributed by atoms with E-state index in [0.29, 0.717) is 16.3 Å². The van der Waals surface area contributed by atoms with E-state index >= 15 is 0 Å². The van der Waals surface area contributed by atoms with Crippen LogP contribution in [0.4, 0.5) is 0 Å². The van der Waals surface area contributed by atoms with Crippen LogP contribution in [0.5, 0.6) is 0 Å². The molecule has 0 aliphatic heterocycles. The van der Waals surface area contributed by atoms with E-state index in [0.717, 1.165) is 53.4 Å². The Kier molecular flexibility index (Phi) is 4.89. The van der Waals surface area contributed by atoms with Crippen molar-refractivity contribution in [3.8, 4) is 0 Å². The number of pyridine rings is 1. The van der Waals surface area contributed by atoms with Gasteiger partial charge >= 0.3 is 0 Å². The Bertz CT molecular complexity index is 1460. The summed E-state index contributed by atoms with van der Waals surface area (Å²) < 4.78 is 0. The minimum atomic E-state index is -0.616. The highest BCUT2D eigenvalue weighted by Crippen LogP contribution is 2.29. The molecule has 8 heteroatoms. The lowest BCUT2D eigenvalue weighted by Crippen LogP contribution is -2.43. The molecule has 0 saturated carbocycles. The Balaban J connectivity index is 1.49. The van der Waals surface area contributed by atoms with Gasteiger partial charge in [0.05, 0.1) is 16.5 Å². The van der Waals surface area contributed by atoms with Crippen molar-refractivity contribution < 1.29 is 9.59 Å². The van der Waals surface area contributed by atoms with Gasteiger partial charge in [0.1, 0.15) is 0 Å². The molecule has 3 N–H and O–H groups in total. The highest BCUT2D eigenvalue weighted by molar-refractivity contribution is 6.10. The highest BCUT2D eigenvalue weighted by Gasteiger charge is 2.23. The first kappa shape index (κ1) is 19.9. The number of H-pyrrole nitrogens is 1. The van der Waals surface area contributed by atoms with Crippen molar-refractivity contribution in [2.24, 2.45) is 0 Å². The molecule has 32 heavy (non-hydrogen) atoms. The van der Waals surface area contributed by atoms with Gasteiger partial charge in [-0.3, -0.25) is 30.2 Å². The molecule has 8 nitrogen and oxygen atoms in total. The number of nitrogens with one attached hydrogen (secondary N) is 3. The minimum absolute atomic E-state index is 0.0259. The van der Waals surface area contributed by atoms with Gasteiger partial charge < -0.3 is 0 Å². The highest BCUT2D eigenvalue weighted by atomic mass is 16.2. The second-order valence-corrected chi connectivity index (χ2v) is 7.99. The molecule has 0 radical (unpaired) electrons. The molecule has 0 atom stereocenters. The second-order valence-electron chi connectivity index (χ2n) is 7.99. The summed E-state index contributed by atoms with van der Waals surface area (Å²) in [5.41, 5.74) is 8.85. The third-order valence-electron chi connectivity index (χ3n) is 5.85. The van der Waals surface area contributed by atoms with Crippen LogP contribution in [-0.4, -0.2) is 27.0 Å². The maximum atomic E-state index is 13.3. The Morgan fingerprint density at radius 2 is 1.69 bits per heavy atom. The van der Waals surface area contributed by atoms with Gasteiger partial charge in [0.15, 0.2) is 5.69 Å². The van der Waals surface area contributed by atoms with E-state index in [1.165, 1.54) is 0 Å². The number of rotatable bonds is 2. The molecule has 2 heterocycles. The van der Waals surface area contributed by atoms with Gasteiger partial charge in [-0.05, 0) is 56.4 Å². The van der Waals surface area contributed by atoms with E-state index in [4.69, 9.17) is 4.98 Å². The molecular formula is C24H21N5O3. The standard InChI is InChI=1S/C24H21N5O3/c1-13-10-11-19-17(12-13)20(16-8-4-5-9-18(16)25-19)23(31)28-29-24(32)21-14-6-2-3-7-15(14)22(30)27-26-21/h2-3,6-7,10-12H,4-5,8-9H2,1H3,(H,27,30)(H,28,31)(H,29,32). The zero-order chi connectivity index (χ0) is 22.2. The summed E-state index contributed by atoms with van der Waals surface area (Å²) in [6.07, 6.45) is 3.64. The summed E-state index contributed by atoms with van der Waals surface area (Å²) in [7, 11) is 0. The van der Waals surface area contributed by atoms with Crippen molar-refractivity contribution in [3.63, 3.8) is 0 Å². The number of hydrogen-bond acceptors (Lipinski definition) is 5. The molecule has 5 rings (SSSR count).